The Kier molecular flexibility index (Phi) is 5.48. The molecule has 1 rings (SSSR count). The zero-order valence-electron chi connectivity index (χ0n) is 11.9. The van der Waals surface area contributed by atoms with Gasteiger partial charge in [0.15, 0.2) is 0 Å². The molecule has 0 fully saturated rings. The summed E-state index contributed by atoms with van der Waals surface area (Å²) in [7, 11) is 0. The van der Waals surface area contributed by atoms with Crippen molar-refractivity contribution in [2.45, 2.75) is 32.6 Å². The smallest absolute Gasteiger partial charge is 0.224 e. The van der Waals surface area contributed by atoms with Crippen LogP contribution in [0.15, 0.2) is 24.3 Å². The van der Waals surface area contributed by atoms with E-state index in [4.69, 9.17) is 5.73 Å². The lowest BCUT2D eigenvalue weighted by molar-refractivity contribution is -0.125. The fourth-order valence-electron chi connectivity index (χ4n) is 1.91. The number of carbonyl (C=O) groups excluding carboxylic acids is 1. The van der Waals surface area contributed by atoms with Crippen molar-refractivity contribution in [2.75, 3.05) is 13.1 Å². The SMILES string of the molecule is CCC(CN)C(=O)NCC(C)(C)c1ccc(F)cc1. The molecular formula is C15H23FN2O. The lowest BCUT2D eigenvalue weighted by Gasteiger charge is -2.26. The molecule has 0 aliphatic rings. The van der Waals surface area contributed by atoms with Gasteiger partial charge in [0, 0.05) is 24.4 Å². The number of nitrogens with two attached hydrogens (primary N) is 1. The first kappa shape index (κ1) is 15.6. The molecule has 106 valence electrons. The molecule has 0 heterocycles. The Labute approximate surface area is 114 Å². The van der Waals surface area contributed by atoms with Crippen LogP contribution in [0.25, 0.3) is 0 Å². The summed E-state index contributed by atoms with van der Waals surface area (Å²) in [5.74, 6) is -0.401. The Balaban J connectivity index is 2.65. The first-order chi connectivity index (χ1) is 8.90. The molecule has 1 aromatic carbocycles. The van der Waals surface area contributed by atoms with Gasteiger partial charge in [-0.2, -0.15) is 0 Å². The molecular weight excluding hydrogens is 243 g/mol. The average Bonchev–Trinajstić information content (AvgIpc) is 2.38. The average molecular weight is 266 g/mol. The Morgan fingerprint density at radius 2 is 1.95 bits per heavy atom. The number of amides is 1. The van der Waals surface area contributed by atoms with Gasteiger partial charge in [-0.3, -0.25) is 4.79 Å². The number of hydrogen-bond donors (Lipinski definition) is 2. The highest BCUT2D eigenvalue weighted by molar-refractivity contribution is 5.78. The van der Waals surface area contributed by atoms with Crippen LogP contribution in [0.4, 0.5) is 4.39 Å². The van der Waals surface area contributed by atoms with Crippen LogP contribution < -0.4 is 11.1 Å². The van der Waals surface area contributed by atoms with Crippen molar-refractivity contribution in [3.05, 3.63) is 35.6 Å². The summed E-state index contributed by atoms with van der Waals surface area (Å²) >= 11 is 0. The van der Waals surface area contributed by atoms with Gasteiger partial charge < -0.3 is 11.1 Å². The van der Waals surface area contributed by atoms with E-state index in [0.717, 1.165) is 12.0 Å². The summed E-state index contributed by atoms with van der Waals surface area (Å²) in [4.78, 5) is 11.9. The lowest BCUT2D eigenvalue weighted by Crippen LogP contribution is -2.41. The van der Waals surface area contributed by atoms with Crippen LogP contribution in [0.5, 0.6) is 0 Å². The molecule has 0 aliphatic carbocycles. The van der Waals surface area contributed by atoms with Crippen molar-refractivity contribution in [3.63, 3.8) is 0 Å². The summed E-state index contributed by atoms with van der Waals surface area (Å²) in [5, 5.41) is 2.93. The topological polar surface area (TPSA) is 55.1 Å². The summed E-state index contributed by atoms with van der Waals surface area (Å²) in [6.07, 6.45) is 0.735. The van der Waals surface area contributed by atoms with E-state index in [1.807, 2.05) is 20.8 Å². The molecule has 19 heavy (non-hydrogen) atoms. The van der Waals surface area contributed by atoms with E-state index in [1.54, 1.807) is 12.1 Å². The molecule has 0 saturated carbocycles. The summed E-state index contributed by atoms with van der Waals surface area (Å²) < 4.78 is 12.9. The predicted molar refractivity (Wildman–Crippen MR) is 75.3 cm³/mol. The van der Waals surface area contributed by atoms with Crippen molar-refractivity contribution in [3.8, 4) is 0 Å². The summed E-state index contributed by atoms with van der Waals surface area (Å²) in [5.41, 5.74) is 6.30. The Morgan fingerprint density at radius 1 is 1.37 bits per heavy atom. The van der Waals surface area contributed by atoms with Gasteiger partial charge >= 0.3 is 0 Å². The van der Waals surface area contributed by atoms with Gasteiger partial charge in [-0.25, -0.2) is 4.39 Å². The van der Waals surface area contributed by atoms with Crippen molar-refractivity contribution in [1.29, 1.82) is 0 Å². The number of carbonyl (C=O) groups is 1. The minimum atomic E-state index is -0.252. The maximum atomic E-state index is 12.9. The molecule has 3 N–H and O–H groups in total. The van der Waals surface area contributed by atoms with Gasteiger partial charge in [-0.1, -0.05) is 32.9 Å². The summed E-state index contributed by atoms with van der Waals surface area (Å²) in [6, 6.07) is 6.38. The van der Waals surface area contributed by atoms with Crippen LogP contribution in [0, 0.1) is 11.7 Å². The molecule has 3 nitrogen and oxygen atoms in total. The molecule has 1 aromatic rings. The monoisotopic (exact) mass is 266 g/mol. The minimum absolute atomic E-state index is 0.0137. The number of hydrogen-bond acceptors (Lipinski definition) is 2. The van der Waals surface area contributed by atoms with Crippen LogP contribution >= 0.6 is 0 Å². The van der Waals surface area contributed by atoms with E-state index in [1.165, 1.54) is 12.1 Å². The van der Waals surface area contributed by atoms with Gasteiger partial charge in [0.1, 0.15) is 5.82 Å². The zero-order chi connectivity index (χ0) is 14.5. The van der Waals surface area contributed by atoms with Crippen molar-refractivity contribution in [2.24, 2.45) is 11.7 Å². The van der Waals surface area contributed by atoms with Crippen LogP contribution in [-0.2, 0) is 10.2 Å². The van der Waals surface area contributed by atoms with Crippen LogP contribution in [0.3, 0.4) is 0 Å². The first-order valence-electron chi connectivity index (χ1n) is 6.64. The number of rotatable bonds is 6. The van der Waals surface area contributed by atoms with E-state index in [2.05, 4.69) is 5.32 Å². The van der Waals surface area contributed by atoms with Gasteiger partial charge in [0.2, 0.25) is 5.91 Å². The van der Waals surface area contributed by atoms with Crippen LogP contribution in [0.1, 0.15) is 32.8 Å². The predicted octanol–water partition coefficient (Wildman–Crippen LogP) is 2.20. The molecule has 0 aliphatic heterocycles. The Hall–Kier alpha value is -1.42. The second-order valence-corrected chi connectivity index (χ2v) is 5.45. The van der Waals surface area contributed by atoms with Crippen molar-refractivity contribution >= 4 is 5.91 Å². The molecule has 1 unspecified atom stereocenters. The van der Waals surface area contributed by atoms with E-state index in [9.17, 15) is 9.18 Å². The fourth-order valence-corrected chi connectivity index (χ4v) is 1.91. The first-order valence-corrected chi connectivity index (χ1v) is 6.64. The highest BCUT2D eigenvalue weighted by atomic mass is 19.1. The molecule has 0 radical (unpaired) electrons. The molecule has 4 heteroatoms. The maximum absolute atomic E-state index is 12.9. The molecule has 0 aromatic heterocycles. The number of halogens is 1. The third-order valence-electron chi connectivity index (χ3n) is 3.48. The van der Waals surface area contributed by atoms with Gasteiger partial charge in [0.05, 0.1) is 0 Å². The van der Waals surface area contributed by atoms with E-state index >= 15 is 0 Å². The van der Waals surface area contributed by atoms with Gasteiger partial charge in [-0.15, -0.1) is 0 Å². The minimum Gasteiger partial charge on any atom is -0.355 e. The largest absolute Gasteiger partial charge is 0.355 e. The Bertz CT molecular complexity index is 411. The summed E-state index contributed by atoms with van der Waals surface area (Å²) in [6.45, 7) is 6.85. The zero-order valence-corrected chi connectivity index (χ0v) is 11.9. The second-order valence-electron chi connectivity index (χ2n) is 5.45. The van der Waals surface area contributed by atoms with Gasteiger partial charge in [0.25, 0.3) is 0 Å². The van der Waals surface area contributed by atoms with Gasteiger partial charge in [-0.05, 0) is 24.1 Å². The van der Waals surface area contributed by atoms with Crippen molar-refractivity contribution < 1.29 is 9.18 Å². The number of benzene rings is 1. The molecule has 1 amide bonds. The van der Waals surface area contributed by atoms with Crippen LogP contribution in [-0.4, -0.2) is 19.0 Å². The van der Waals surface area contributed by atoms with Crippen molar-refractivity contribution in [1.82, 2.24) is 5.32 Å². The maximum Gasteiger partial charge on any atom is 0.224 e. The third-order valence-corrected chi connectivity index (χ3v) is 3.48. The van der Waals surface area contributed by atoms with Crippen LogP contribution in [0.2, 0.25) is 0 Å². The van der Waals surface area contributed by atoms with E-state index in [-0.39, 0.29) is 23.1 Å². The fraction of sp³-hybridized carbons (Fsp3) is 0.533. The molecule has 0 bridgehead atoms. The Morgan fingerprint density at radius 3 is 2.42 bits per heavy atom. The lowest BCUT2D eigenvalue weighted by atomic mass is 9.84. The van der Waals surface area contributed by atoms with E-state index in [0.29, 0.717) is 13.1 Å². The highest BCUT2D eigenvalue weighted by Gasteiger charge is 2.23. The number of nitrogens with one attached hydrogen (secondary N) is 1. The molecule has 1 atom stereocenters. The molecule has 0 saturated heterocycles. The highest BCUT2D eigenvalue weighted by Crippen LogP contribution is 2.22. The van der Waals surface area contributed by atoms with E-state index < -0.39 is 0 Å². The quantitative estimate of drug-likeness (QED) is 0.829. The molecule has 0 spiro atoms. The normalized spacial score (nSPS) is 13.1. The third kappa shape index (κ3) is 4.31. The standard InChI is InChI=1S/C15H23FN2O/c1-4-11(9-17)14(19)18-10-15(2,3)12-5-7-13(16)8-6-12/h5-8,11H,4,9-10,17H2,1-3H3,(H,18,19). The second kappa shape index (κ2) is 6.66.